The Morgan fingerprint density at radius 3 is 3.25 bits per heavy atom. The second-order valence-electron chi connectivity index (χ2n) is 4.36. The van der Waals surface area contributed by atoms with Crippen molar-refractivity contribution in [2.45, 2.75) is 25.4 Å². The van der Waals surface area contributed by atoms with Crippen LogP contribution in [0.25, 0.3) is 11.0 Å². The van der Waals surface area contributed by atoms with Gasteiger partial charge in [-0.1, -0.05) is 0 Å². The van der Waals surface area contributed by atoms with Crippen LogP contribution in [0.15, 0.2) is 24.5 Å². The Bertz CT molecular complexity index is 500. The van der Waals surface area contributed by atoms with Gasteiger partial charge in [-0.3, -0.25) is 0 Å². The Kier molecular flexibility index (Phi) is 2.29. The van der Waals surface area contributed by atoms with Gasteiger partial charge < -0.3 is 15.0 Å². The molecule has 1 aliphatic rings. The fraction of sp³-hybridized carbons (Fsp3) is 0.417. The lowest BCUT2D eigenvalue weighted by Crippen LogP contribution is -2.26. The maximum Gasteiger partial charge on any atom is 0.117 e. The third-order valence-electron chi connectivity index (χ3n) is 3.18. The molecule has 4 nitrogen and oxygen atoms in total. The van der Waals surface area contributed by atoms with E-state index in [0.29, 0.717) is 6.04 Å². The zero-order valence-electron chi connectivity index (χ0n) is 9.06. The number of nitrogens with one attached hydrogen (secondary N) is 1. The number of imidazole rings is 1. The predicted molar refractivity (Wildman–Crippen MR) is 62.4 cm³/mol. The van der Waals surface area contributed by atoms with Crippen molar-refractivity contribution < 1.29 is 5.11 Å². The van der Waals surface area contributed by atoms with E-state index in [1.54, 1.807) is 12.1 Å². The number of phenols is 1. The van der Waals surface area contributed by atoms with Gasteiger partial charge in [0.25, 0.3) is 0 Å². The highest BCUT2D eigenvalue weighted by molar-refractivity contribution is 5.76. The molecule has 0 spiro atoms. The van der Waals surface area contributed by atoms with Crippen molar-refractivity contribution in [1.82, 2.24) is 14.9 Å². The summed E-state index contributed by atoms with van der Waals surface area (Å²) < 4.78 is 2.15. The summed E-state index contributed by atoms with van der Waals surface area (Å²) in [6, 6.07) is 5.90. The van der Waals surface area contributed by atoms with Gasteiger partial charge in [-0.2, -0.15) is 0 Å². The Labute approximate surface area is 93.9 Å². The van der Waals surface area contributed by atoms with Crippen molar-refractivity contribution in [3.05, 3.63) is 24.5 Å². The minimum atomic E-state index is 0.275. The van der Waals surface area contributed by atoms with E-state index in [9.17, 15) is 5.11 Å². The monoisotopic (exact) mass is 217 g/mol. The van der Waals surface area contributed by atoms with Gasteiger partial charge in [0.15, 0.2) is 0 Å². The van der Waals surface area contributed by atoms with Gasteiger partial charge in [0.05, 0.1) is 17.4 Å². The zero-order valence-corrected chi connectivity index (χ0v) is 9.06. The van der Waals surface area contributed by atoms with Crippen molar-refractivity contribution in [3.8, 4) is 5.75 Å². The van der Waals surface area contributed by atoms with E-state index in [0.717, 1.165) is 24.1 Å². The number of aromatic nitrogens is 2. The van der Waals surface area contributed by atoms with Crippen LogP contribution in [0.3, 0.4) is 0 Å². The molecule has 1 atom stereocenters. The summed E-state index contributed by atoms with van der Waals surface area (Å²) in [5, 5.41) is 12.8. The lowest BCUT2D eigenvalue weighted by Gasteiger charge is -2.11. The SMILES string of the molecule is Oc1ccc2c(c1)ncn2CC1CCCN1. The normalized spacial score (nSPS) is 20.6. The third kappa shape index (κ3) is 1.65. The molecule has 2 aromatic rings. The standard InChI is InChI=1S/C12H15N3O/c16-10-3-4-12-11(6-10)14-8-15(12)7-9-2-1-5-13-9/h3-4,6,8-9,13,16H,1-2,5,7H2. The van der Waals surface area contributed by atoms with Crippen molar-refractivity contribution >= 4 is 11.0 Å². The highest BCUT2D eigenvalue weighted by Crippen LogP contribution is 2.19. The molecule has 1 fully saturated rings. The fourth-order valence-electron chi connectivity index (χ4n) is 2.35. The van der Waals surface area contributed by atoms with E-state index in [1.807, 2.05) is 12.4 Å². The average molecular weight is 217 g/mol. The van der Waals surface area contributed by atoms with Crippen LogP contribution in [0.4, 0.5) is 0 Å². The number of benzene rings is 1. The number of phenolic OH excluding ortho intramolecular Hbond substituents is 1. The van der Waals surface area contributed by atoms with Crippen LogP contribution in [-0.2, 0) is 6.54 Å². The molecule has 0 amide bonds. The van der Waals surface area contributed by atoms with Gasteiger partial charge in [0, 0.05) is 18.7 Å². The first kappa shape index (κ1) is 9.66. The Balaban J connectivity index is 1.91. The van der Waals surface area contributed by atoms with Gasteiger partial charge in [-0.25, -0.2) is 4.98 Å². The molecule has 1 unspecified atom stereocenters. The zero-order chi connectivity index (χ0) is 11.0. The smallest absolute Gasteiger partial charge is 0.117 e. The molecule has 0 bridgehead atoms. The number of rotatable bonds is 2. The summed E-state index contributed by atoms with van der Waals surface area (Å²) in [6.45, 7) is 2.08. The summed E-state index contributed by atoms with van der Waals surface area (Å²) >= 11 is 0. The van der Waals surface area contributed by atoms with Crippen LogP contribution in [0.1, 0.15) is 12.8 Å². The van der Waals surface area contributed by atoms with Crippen LogP contribution in [-0.4, -0.2) is 27.2 Å². The minimum Gasteiger partial charge on any atom is -0.508 e. The van der Waals surface area contributed by atoms with Gasteiger partial charge in [-0.15, -0.1) is 0 Å². The number of fused-ring (bicyclic) bond motifs is 1. The first-order valence-electron chi connectivity index (χ1n) is 5.70. The van der Waals surface area contributed by atoms with E-state index in [-0.39, 0.29) is 5.75 Å². The summed E-state index contributed by atoms with van der Waals surface area (Å²) in [5.41, 5.74) is 1.95. The molecule has 0 radical (unpaired) electrons. The number of nitrogens with zero attached hydrogens (tertiary/aromatic N) is 2. The van der Waals surface area contributed by atoms with Gasteiger partial charge in [-0.05, 0) is 31.5 Å². The molecule has 1 aliphatic heterocycles. The van der Waals surface area contributed by atoms with Crippen molar-refractivity contribution in [3.63, 3.8) is 0 Å². The third-order valence-corrected chi connectivity index (χ3v) is 3.18. The molecular formula is C12H15N3O. The molecule has 2 N–H and O–H groups in total. The first-order valence-corrected chi connectivity index (χ1v) is 5.70. The number of hydrogen-bond donors (Lipinski definition) is 2. The Hall–Kier alpha value is -1.55. The van der Waals surface area contributed by atoms with E-state index in [4.69, 9.17) is 0 Å². The van der Waals surface area contributed by atoms with Crippen molar-refractivity contribution in [2.75, 3.05) is 6.54 Å². The minimum absolute atomic E-state index is 0.275. The van der Waals surface area contributed by atoms with Crippen molar-refractivity contribution in [2.24, 2.45) is 0 Å². The quantitative estimate of drug-likeness (QED) is 0.801. The number of hydrogen-bond acceptors (Lipinski definition) is 3. The van der Waals surface area contributed by atoms with E-state index >= 15 is 0 Å². The van der Waals surface area contributed by atoms with Gasteiger partial charge in [0.2, 0.25) is 0 Å². The Morgan fingerprint density at radius 2 is 2.44 bits per heavy atom. The van der Waals surface area contributed by atoms with Gasteiger partial charge >= 0.3 is 0 Å². The molecule has 1 aromatic heterocycles. The highest BCUT2D eigenvalue weighted by atomic mass is 16.3. The van der Waals surface area contributed by atoms with Crippen LogP contribution in [0, 0.1) is 0 Å². The first-order chi connectivity index (χ1) is 7.83. The summed E-state index contributed by atoms with van der Waals surface area (Å²) in [4.78, 5) is 4.30. The van der Waals surface area contributed by atoms with E-state index < -0.39 is 0 Å². The predicted octanol–water partition coefficient (Wildman–Crippen LogP) is 1.49. The lowest BCUT2D eigenvalue weighted by molar-refractivity contribution is 0.476. The molecule has 1 saturated heterocycles. The van der Waals surface area contributed by atoms with Crippen LogP contribution in [0.2, 0.25) is 0 Å². The molecule has 4 heteroatoms. The van der Waals surface area contributed by atoms with Crippen LogP contribution >= 0.6 is 0 Å². The second-order valence-corrected chi connectivity index (χ2v) is 4.36. The molecule has 0 saturated carbocycles. The molecule has 1 aromatic carbocycles. The highest BCUT2D eigenvalue weighted by Gasteiger charge is 2.15. The molecule has 2 heterocycles. The van der Waals surface area contributed by atoms with Crippen LogP contribution in [0.5, 0.6) is 5.75 Å². The maximum atomic E-state index is 9.36. The van der Waals surface area contributed by atoms with E-state index in [1.165, 1.54) is 12.8 Å². The summed E-state index contributed by atoms with van der Waals surface area (Å²) in [7, 11) is 0. The molecule has 16 heavy (non-hydrogen) atoms. The van der Waals surface area contributed by atoms with Crippen LogP contribution < -0.4 is 5.32 Å². The fourth-order valence-corrected chi connectivity index (χ4v) is 2.35. The van der Waals surface area contributed by atoms with Gasteiger partial charge in [0.1, 0.15) is 5.75 Å². The Morgan fingerprint density at radius 1 is 1.50 bits per heavy atom. The second kappa shape index (κ2) is 3.79. The molecule has 0 aliphatic carbocycles. The molecular weight excluding hydrogens is 202 g/mol. The topological polar surface area (TPSA) is 50.1 Å². The summed E-state index contributed by atoms with van der Waals surface area (Å²) in [6.07, 6.45) is 4.35. The lowest BCUT2D eigenvalue weighted by atomic mass is 10.2. The van der Waals surface area contributed by atoms with Crippen molar-refractivity contribution in [1.29, 1.82) is 0 Å². The summed E-state index contributed by atoms with van der Waals surface area (Å²) in [5.74, 6) is 0.275. The number of aromatic hydroxyl groups is 1. The molecule has 3 rings (SSSR count). The molecule has 84 valence electrons. The average Bonchev–Trinajstić information content (AvgIpc) is 2.89. The maximum absolute atomic E-state index is 9.36. The largest absolute Gasteiger partial charge is 0.508 e. The van der Waals surface area contributed by atoms with E-state index in [2.05, 4.69) is 14.9 Å².